The molecule has 2 aromatic carbocycles. The molecule has 0 radical (unpaired) electrons. The Bertz CT molecular complexity index is 1080. The molecule has 0 spiro atoms. The van der Waals surface area contributed by atoms with Crippen LogP contribution in [-0.4, -0.2) is 46.7 Å². The Hall–Kier alpha value is -3.00. The third kappa shape index (κ3) is 10.2. The van der Waals surface area contributed by atoms with E-state index >= 15 is 0 Å². The molecule has 0 saturated heterocycles. The van der Waals surface area contributed by atoms with Crippen LogP contribution in [0.1, 0.15) is 83.0 Å². The van der Waals surface area contributed by atoms with Gasteiger partial charge in [-0.2, -0.15) is 12.6 Å². The van der Waals surface area contributed by atoms with E-state index in [1.807, 2.05) is 55.5 Å². The molecule has 2 atom stereocenters. The number of thiol groups is 1. The van der Waals surface area contributed by atoms with E-state index in [0.717, 1.165) is 43.2 Å². The molecule has 3 amide bonds. The summed E-state index contributed by atoms with van der Waals surface area (Å²) in [6.07, 6.45) is 3.89. The highest BCUT2D eigenvalue weighted by atomic mass is 32.1. The SMILES string of the molecule is CCCCCCN(C(=O)C(CS)NC(=O)OC(C)(C)C)C(C(=O)Nc1ccccc1C)c1ccc(CC)cc1. The first-order valence-electron chi connectivity index (χ1n) is 13.9. The zero-order chi connectivity index (χ0) is 29.0. The maximum Gasteiger partial charge on any atom is 0.408 e. The molecule has 39 heavy (non-hydrogen) atoms. The summed E-state index contributed by atoms with van der Waals surface area (Å²) >= 11 is 4.37. The van der Waals surface area contributed by atoms with Gasteiger partial charge in [-0.25, -0.2) is 4.79 Å². The molecule has 8 heteroatoms. The van der Waals surface area contributed by atoms with E-state index in [9.17, 15) is 14.4 Å². The van der Waals surface area contributed by atoms with Crippen molar-refractivity contribution in [3.8, 4) is 0 Å². The van der Waals surface area contributed by atoms with Crippen LogP contribution < -0.4 is 10.6 Å². The van der Waals surface area contributed by atoms with Gasteiger partial charge in [0, 0.05) is 18.0 Å². The fraction of sp³-hybridized carbons (Fsp3) is 0.516. The molecule has 2 aromatic rings. The number of unbranched alkanes of at least 4 members (excludes halogenated alkanes) is 3. The van der Waals surface area contributed by atoms with Crippen molar-refractivity contribution in [1.29, 1.82) is 0 Å². The Labute approximate surface area is 239 Å². The summed E-state index contributed by atoms with van der Waals surface area (Å²) in [5.74, 6) is -0.630. The van der Waals surface area contributed by atoms with E-state index in [2.05, 4.69) is 37.1 Å². The van der Waals surface area contributed by atoms with E-state index in [4.69, 9.17) is 4.74 Å². The lowest BCUT2D eigenvalue weighted by Crippen LogP contribution is -2.53. The molecule has 7 nitrogen and oxygen atoms in total. The van der Waals surface area contributed by atoms with Crippen LogP contribution >= 0.6 is 12.6 Å². The second-order valence-corrected chi connectivity index (χ2v) is 11.1. The first-order valence-corrected chi connectivity index (χ1v) is 14.5. The van der Waals surface area contributed by atoms with Gasteiger partial charge in [0.15, 0.2) is 0 Å². The normalized spacial score (nSPS) is 12.8. The summed E-state index contributed by atoms with van der Waals surface area (Å²) in [6, 6.07) is 13.5. The van der Waals surface area contributed by atoms with E-state index in [-0.39, 0.29) is 17.6 Å². The van der Waals surface area contributed by atoms with Gasteiger partial charge in [-0.15, -0.1) is 0 Å². The zero-order valence-corrected chi connectivity index (χ0v) is 25.1. The quantitative estimate of drug-likeness (QED) is 0.195. The summed E-state index contributed by atoms with van der Waals surface area (Å²) in [5.41, 5.74) is 2.74. The summed E-state index contributed by atoms with van der Waals surface area (Å²) in [4.78, 5) is 42.1. The van der Waals surface area contributed by atoms with E-state index in [0.29, 0.717) is 17.8 Å². The molecule has 0 heterocycles. The van der Waals surface area contributed by atoms with Crippen LogP contribution in [0, 0.1) is 6.92 Å². The molecule has 0 bridgehead atoms. The molecule has 0 saturated carbocycles. The number of rotatable bonds is 13. The molecule has 0 aliphatic heterocycles. The van der Waals surface area contributed by atoms with Gasteiger partial charge in [0.25, 0.3) is 5.91 Å². The maximum atomic E-state index is 14.0. The summed E-state index contributed by atoms with van der Waals surface area (Å²) in [6.45, 7) is 11.8. The van der Waals surface area contributed by atoms with Gasteiger partial charge in [-0.05, 0) is 63.3 Å². The highest BCUT2D eigenvalue weighted by molar-refractivity contribution is 7.80. The second-order valence-electron chi connectivity index (χ2n) is 10.8. The highest BCUT2D eigenvalue weighted by Gasteiger charge is 2.35. The van der Waals surface area contributed by atoms with Crippen LogP contribution in [0.15, 0.2) is 48.5 Å². The van der Waals surface area contributed by atoms with Crippen molar-refractivity contribution < 1.29 is 19.1 Å². The number of para-hydroxylation sites is 1. The van der Waals surface area contributed by atoms with Crippen LogP contribution in [-0.2, 0) is 20.7 Å². The number of amides is 3. The molecular formula is C31H45N3O4S. The summed E-state index contributed by atoms with van der Waals surface area (Å²) < 4.78 is 5.39. The molecule has 0 aliphatic rings. The smallest absolute Gasteiger partial charge is 0.408 e. The average molecular weight is 556 g/mol. The van der Waals surface area contributed by atoms with Gasteiger partial charge in [-0.3, -0.25) is 9.59 Å². The van der Waals surface area contributed by atoms with Gasteiger partial charge in [-0.1, -0.05) is 75.6 Å². The first kappa shape index (κ1) is 32.2. The van der Waals surface area contributed by atoms with Crippen LogP contribution in [0.4, 0.5) is 10.5 Å². The minimum atomic E-state index is -0.960. The van der Waals surface area contributed by atoms with E-state index in [1.165, 1.54) is 0 Å². The number of ether oxygens (including phenoxy) is 1. The number of aryl methyl sites for hydroxylation is 2. The number of nitrogens with one attached hydrogen (secondary N) is 2. The Morgan fingerprint density at radius 3 is 2.21 bits per heavy atom. The lowest BCUT2D eigenvalue weighted by molar-refractivity contribution is -0.140. The van der Waals surface area contributed by atoms with Crippen molar-refractivity contribution >= 4 is 36.2 Å². The Morgan fingerprint density at radius 1 is 0.974 bits per heavy atom. The van der Waals surface area contributed by atoms with Crippen LogP contribution in [0.3, 0.4) is 0 Å². The van der Waals surface area contributed by atoms with Gasteiger partial charge in [0.1, 0.15) is 17.7 Å². The number of benzene rings is 2. The average Bonchev–Trinajstić information content (AvgIpc) is 2.89. The zero-order valence-electron chi connectivity index (χ0n) is 24.3. The molecule has 2 unspecified atom stereocenters. The van der Waals surface area contributed by atoms with Crippen LogP contribution in [0.5, 0.6) is 0 Å². The largest absolute Gasteiger partial charge is 0.444 e. The summed E-state index contributed by atoms with van der Waals surface area (Å²) in [5, 5.41) is 5.71. The number of nitrogens with zero attached hydrogens (tertiary/aromatic N) is 1. The van der Waals surface area contributed by atoms with E-state index in [1.54, 1.807) is 25.7 Å². The maximum absolute atomic E-state index is 14.0. The van der Waals surface area contributed by atoms with Crippen molar-refractivity contribution in [3.63, 3.8) is 0 Å². The van der Waals surface area contributed by atoms with Crippen molar-refractivity contribution in [1.82, 2.24) is 10.2 Å². The number of carbonyl (C=O) groups excluding carboxylic acids is 3. The van der Waals surface area contributed by atoms with Crippen molar-refractivity contribution in [2.24, 2.45) is 0 Å². The van der Waals surface area contributed by atoms with Gasteiger partial charge < -0.3 is 20.3 Å². The molecule has 214 valence electrons. The van der Waals surface area contributed by atoms with Gasteiger partial charge in [0.05, 0.1) is 0 Å². The van der Waals surface area contributed by atoms with Crippen molar-refractivity contribution in [2.45, 2.75) is 91.3 Å². The molecule has 0 aliphatic carbocycles. The molecule has 0 aromatic heterocycles. The number of anilines is 1. The second kappa shape index (κ2) is 15.6. The number of hydrogen-bond acceptors (Lipinski definition) is 5. The molecule has 2 rings (SSSR count). The van der Waals surface area contributed by atoms with Crippen LogP contribution in [0.2, 0.25) is 0 Å². The third-order valence-corrected chi connectivity index (χ3v) is 6.74. The van der Waals surface area contributed by atoms with Gasteiger partial charge in [0.2, 0.25) is 5.91 Å². The number of hydrogen-bond donors (Lipinski definition) is 3. The standard InChI is InChI=1S/C31H45N3O4S/c1-7-9-10-13-20-34(29(36)26(21-39)33-30(37)38-31(4,5)6)27(24-18-16-23(8-2)17-19-24)28(35)32-25-15-12-11-14-22(25)3/h11-12,14-19,26-27,39H,7-10,13,20-21H2,1-6H3,(H,32,35)(H,33,37). The molecule has 0 fully saturated rings. The highest BCUT2D eigenvalue weighted by Crippen LogP contribution is 2.27. The Morgan fingerprint density at radius 2 is 1.64 bits per heavy atom. The predicted octanol–water partition coefficient (Wildman–Crippen LogP) is 6.47. The minimum Gasteiger partial charge on any atom is -0.444 e. The lowest BCUT2D eigenvalue weighted by atomic mass is 9.99. The Balaban J connectivity index is 2.49. The topological polar surface area (TPSA) is 87.7 Å². The third-order valence-electron chi connectivity index (χ3n) is 6.37. The molecule has 2 N–H and O–H groups in total. The first-order chi connectivity index (χ1) is 18.5. The van der Waals surface area contributed by atoms with Crippen molar-refractivity contribution in [3.05, 3.63) is 65.2 Å². The minimum absolute atomic E-state index is 0.0600. The summed E-state index contributed by atoms with van der Waals surface area (Å²) in [7, 11) is 0. The fourth-order valence-corrected chi connectivity index (χ4v) is 4.48. The van der Waals surface area contributed by atoms with E-state index < -0.39 is 23.8 Å². The lowest BCUT2D eigenvalue weighted by Gasteiger charge is -2.34. The molecular weight excluding hydrogens is 510 g/mol. The number of carbonyl (C=O) groups is 3. The Kier molecular flexibility index (Phi) is 12.8. The van der Waals surface area contributed by atoms with Crippen LogP contribution in [0.25, 0.3) is 0 Å². The fourth-order valence-electron chi connectivity index (χ4n) is 4.23. The number of alkyl carbamates (subject to hydrolysis) is 1. The van der Waals surface area contributed by atoms with Gasteiger partial charge >= 0.3 is 6.09 Å². The predicted molar refractivity (Wildman–Crippen MR) is 161 cm³/mol. The van der Waals surface area contributed by atoms with Crippen molar-refractivity contribution in [2.75, 3.05) is 17.6 Å². The monoisotopic (exact) mass is 555 g/mol.